The molecule has 0 radical (unpaired) electrons. The van der Waals surface area contributed by atoms with Crippen molar-refractivity contribution in [1.29, 1.82) is 0 Å². The number of nitrogens with two attached hydrogens (primary N) is 1. The van der Waals surface area contributed by atoms with Gasteiger partial charge in [0.25, 0.3) is 0 Å². The summed E-state index contributed by atoms with van der Waals surface area (Å²) in [5.74, 6) is 5.12. The van der Waals surface area contributed by atoms with Crippen LogP contribution < -0.4 is 16.6 Å². The predicted octanol–water partition coefficient (Wildman–Crippen LogP) is -1.30. The minimum Gasteiger partial charge on any atom is -0.305 e. The van der Waals surface area contributed by atoms with Crippen molar-refractivity contribution in [1.82, 2.24) is 15.6 Å². The maximum absolute atomic E-state index is 5.12. The standard InChI is InChI=1S/C6H16N4/c1-10-3-2-6(4-10)8-5-9-7/h6,8-9H,2-5,7H2,1H3. The van der Waals surface area contributed by atoms with Crippen LogP contribution in [0.25, 0.3) is 0 Å². The second-order valence-electron chi connectivity index (χ2n) is 2.83. The summed E-state index contributed by atoms with van der Waals surface area (Å²) in [4.78, 5) is 2.31. The monoisotopic (exact) mass is 144 g/mol. The summed E-state index contributed by atoms with van der Waals surface area (Å²) in [6.07, 6.45) is 1.23. The predicted molar refractivity (Wildman–Crippen MR) is 41.2 cm³/mol. The number of nitrogens with zero attached hydrogens (tertiary/aromatic N) is 1. The summed E-state index contributed by atoms with van der Waals surface area (Å²) in [5, 5.41) is 3.28. The zero-order valence-corrected chi connectivity index (χ0v) is 6.43. The summed E-state index contributed by atoms with van der Waals surface area (Å²) >= 11 is 0. The molecule has 4 N–H and O–H groups in total. The average molecular weight is 144 g/mol. The van der Waals surface area contributed by atoms with E-state index in [0.29, 0.717) is 12.7 Å². The van der Waals surface area contributed by atoms with Crippen LogP contribution in [0.5, 0.6) is 0 Å². The molecule has 0 bridgehead atoms. The number of likely N-dealkylation sites (N-methyl/N-ethyl adjacent to an activating group) is 1. The van der Waals surface area contributed by atoms with E-state index in [1.54, 1.807) is 0 Å². The minimum atomic E-state index is 0.626. The number of likely N-dealkylation sites (tertiary alicyclic amines) is 1. The normalized spacial score (nSPS) is 27.6. The number of hydrogen-bond donors (Lipinski definition) is 3. The third-order valence-corrected chi connectivity index (χ3v) is 1.88. The molecule has 0 aromatic heterocycles. The molecule has 1 aliphatic heterocycles. The third kappa shape index (κ3) is 2.22. The highest BCUT2D eigenvalue weighted by Gasteiger charge is 2.17. The fraction of sp³-hybridized carbons (Fsp3) is 1.00. The molecule has 1 fully saturated rings. The summed E-state index contributed by atoms with van der Waals surface area (Å²) in [5.41, 5.74) is 2.58. The largest absolute Gasteiger partial charge is 0.305 e. The van der Waals surface area contributed by atoms with Gasteiger partial charge in [-0.25, -0.2) is 5.43 Å². The van der Waals surface area contributed by atoms with Gasteiger partial charge in [0.15, 0.2) is 0 Å². The Bertz CT molecular complexity index is 95.7. The lowest BCUT2D eigenvalue weighted by Crippen LogP contribution is -2.41. The van der Waals surface area contributed by atoms with E-state index in [1.165, 1.54) is 13.0 Å². The number of rotatable bonds is 3. The van der Waals surface area contributed by atoms with Crippen molar-refractivity contribution in [3.8, 4) is 0 Å². The van der Waals surface area contributed by atoms with Gasteiger partial charge in [0, 0.05) is 12.6 Å². The molecule has 4 nitrogen and oxygen atoms in total. The van der Waals surface area contributed by atoms with Gasteiger partial charge in [0.2, 0.25) is 0 Å². The lowest BCUT2D eigenvalue weighted by molar-refractivity contribution is 0.394. The summed E-state index contributed by atoms with van der Waals surface area (Å²) in [6, 6.07) is 0.626. The second kappa shape index (κ2) is 3.88. The van der Waals surface area contributed by atoms with Gasteiger partial charge in [-0.05, 0) is 20.0 Å². The zero-order chi connectivity index (χ0) is 7.40. The maximum atomic E-state index is 5.12. The van der Waals surface area contributed by atoms with Crippen molar-refractivity contribution in [3.05, 3.63) is 0 Å². The lowest BCUT2D eigenvalue weighted by Gasteiger charge is -2.11. The topological polar surface area (TPSA) is 53.3 Å². The highest BCUT2D eigenvalue weighted by Crippen LogP contribution is 2.04. The fourth-order valence-corrected chi connectivity index (χ4v) is 1.30. The first kappa shape index (κ1) is 7.94. The molecular formula is C6H16N4. The molecule has 1 rings (SSSR count). The minimum absolute atomic E-state index is 0.626. The van der Waals surface area contributed by atoms with Crippen LogP contribution in [0.4, 0.5) is 0 Å². The van der Waals surface area contributed by atoms with Crippen LogP contribution in [0.2, 0.25) is 0 Å². The molecule has 1 aliphatic rings. The molecule has 60 valence electrons. The fourth-order valence-electron chi connectivity index (χ4n) is 1.30. The van der Waals surface area contributed by atoms with Gasteiger partial charge in [-0.15, -0.1) is 0 Å². The van der Waals surface area contributed by atoms with Crippen LogP contribution in [-0.2, 0) is 0 Å². The molecule has 1 atom stereocenters. The van der Waals surface area contributed by atoms with Gasteiger partial charge in [-0.2, -0.15) is 0 Å². The average Bonchev–Trinajstić information content (AvgIpc) is 2.31. The van der Waals surface area contributed by atoms with Crippen molar-refractivity contribution in [3.63, 3.8) is 0 Å². The Morgan fingerprint density at radius 2 is 2.50 bits per heavy atom. The number of hydrazine groups is 1. The van der Waals surface area contributed by atoms with Crippen molar-refractivity contribution in [2.24, 2.45) is 5.84 Å². The van der Waals surface area contributed by atoms with Crippen molar-refractivity contribution >= 4 is 0 Å². The first-order valence-corrected chi connectivity index (χ1v) is 3.68. The summed E-state index contributed by atoms with van der Waals surface area (Å²) in [6.45, 7) is 3.04. The summed E-state index contributed by atoms with van der Waals surface area (Å²) in [7, 11) is 2.14. The Kier molecular flexibility index (Phi) is 3.08. The van der Waals surface area contributed by atoms with E-state index >= 15 is 0 Å². The van der Waals surface area contributed by atoms with Gasteiger partial charge in [-0.3, -0.25) is 11.2 Å². The van der Waals surface area contributed by atoms with Crippen LogP contribution in [0.1, 0.15) is 6.42 Å². The Morgan fingerprint density at radius 3 is 3.00 bits per heavy atom. The first-order chi connectivity index (χ1) is 4.83. The molecule has 1 heterocycles. The molecule has 0 amide bonds. The molecular weight excluding hydrogens is 128 g/mol. The van der Waals surface area contributed by atoms with E-state index in [2.05, 4.69) is 22.7 Å². The van der Waals surface area contributed by atoms with E-state index in [0.717, 1.165) is 6.54 Å². The summed E-state index contributed by atoms with van der Waals surface area (Å²) < 4.78 is 0. The highest BCUT2D eigenvalue weighted by atomic mass is 15.3. The van der Waals surface area contributed by atoms with Crippen molar-refractivity contribution in [2.45, 2.75) is 12.5 Å². The Hall–Kier alpha value is -0.160. The van der Waals surface area contributed by atoms with Crippen LogP contribution in [0, 0.1) is 0 Å². The van der Waals surface area contributed by atoms with Crippen LogP contribution in [0.15, 0.2) is 0 Å². The van der Waals surface area contributed by atoms with Gasteiger partial charge in [0.05, 0.1) is 6.67 Å². The van der Waals surface area contributed by atoms with Crippen molar-refractivity contribution < 1.29 is 0 Å². The molecule has 0 saturated carbocycles. The van der Waals surface area contributed by atoms with Gasteiger partial charge in [0.1, 0.15) is 0 Å². The molecule has 0 aromatic rings. The molecule has 1 saturated heterocycles. The van der Waals surface area contributed by atoms with Gasteiger partial charge >= 0.3 is 0 Å². The quantitative estimate of drug-likeness (QED) is 0.262. The van der Waals surface area contributed by atoms with Crippen LogP contribution in [-0.4, -0.2) is 37.7 Å². The second-order valence-corrected chi connectivity index (χ2v) is 2.83. The molecule has 0 aliphatic carbocycles. The zero-order valence-electron chi connectivity index (χ0n) is 6.43. The smallest absolute Gasteiger partial charge is 0.0589 e. The van der Waals surface area contributed by atoms with E-state index in [4.69, 9.17) is 5.84 Å². The van der Waals surface area contributed by atoms with Crippen LogP contribution >= 0.6 is 0 Å². The molecule has 0 spiro atoms. The first-order valence-electron chi connectivity index (χ1n) is 3.68. The Morgan fingerprint density at radius 1 is 1.70 bits per heavy atom. The van der Waals surface area contributed by atoms with Crippen molar-refractivity contribution in [2.75, 3.05) is 26.8 Å². The van der Waals surface area contributed by atoms with E-state index < -0.39 is 0 Å². The highest BCUT2D eigenvalue weighted by molar-refractivity contribution is 4.77. The Labute approximate surface area is 61.7 Å². The van der Waals surface area contributed by atoms with Crippen LogP contribution in [0.3, 0.4) is 0 Å². The third-order valence-electron chi connectivity index (χ3n) is 1.88. The lowest BCUT2D eigenvalue weighted by atomic mass is 10.3. The SMILES string of the molecule is CN1CCC(NCNN)C1. The molecule has 1 unspecified atom stereocenters. The van der Waals surface area contributed by atoms with E-state index in [9.17, 15) is 0 Å². The van der Waals surface area contributed by atoms with Gasteiger partial charge in [-0.1, -0.05) is 0 Å². The number of nitrogens with one attached hydrogen (secondary N) is 2. The van der Waals surface area contributed by atoms with Gasteiger partial charge < -0.3 is 4.90 Å². The maximum Gasteiger partial charge on any atom is 0.0589 e. The Balaban J connectivity index is 2.06. The molecule has 4 heteroatoms. The molecule has 10 heavy (non-hydrogen) atoms. The number of hydrogen-bond acceptors (Lipinski definition) is 4. The van der Waals surface area contributed by atoms with E-state index in [1.807, 2.05) is 0 Å². The molecule has 0 aromatic carbocycles. The van der Waals surface area contributed by atoms with E-state index in [-0.39, 0.29) is 0 Å².